The third kappa shape index (κ3) is 5.87. The Morgan fingerprint density at radius 2 is 1.72 bits per heavy atom. The zero-order chi connectivity index (χ0) is 23.5. The molecule has 1 heterocycles. The molecular weight excluding hydrogens is 453 g/mol. The van der Waals surface area contributed by atoms with Crippen molar-refractivity contribution >= 4 is 21.4 Å². The summed E-state index contributed by atoms with van der Waals surface area (Å²) in [6, 6.07) is 8.63. The Balaban J connectivity index is 1.74. The highest BCUT2D eigenvalue weighted by Gasteiger charge is 2.31. The molecule has 0 bridgehead atoms. The van der Waals surface area contributed by atoms with E-state index in [9.17, 15) is 31.7 Å². The average molecular weight is 474 g/mol. The first-order valence-electron chi connectivity index (χ1n) is 9.51. The lowest BCUT2D eigenvalue weighted by atomic mass is 10.2. The fourth-order valence-corrected chi connectivity index (χ4v) is 4.60. The number of rotatable bonds is 7. The number of halogens is 3. The molecule has 32 heavy (non-hydrogen) atoms. The molecule has 1 saturated heterocycles. The maximum absolute atomic E-state index is 12.9. The Kier molecular flexibility index (Phi) is 6.91. The van der Waals surface area contributed by atoms with Crippen LogP contribution in [0.25, 0.3) is 0 Å². The van der Waals surface area contributed by atoms with Gasteiger partial charge >= 0.3 is 6.36 Å². The first kappa shape index (κ1) is 23.8. The van der Waals surface area contributed by atoms with Crippen LogP contribution in [-0.2, 0) is 16.6 Å². The van der Waals surface area contributed by atoms with Crippen molar-refractivity contribution in [2.75, 3.05) is 38.5 Å². The molecule has 174 valence electrons. The third-order valence-corrected chi connectivity index (χ3v) is 6.80. The van der Waals surface area contributed by atoms with Crippen LogP contribution >= 0.6 is 0 Å². The van der Waals surface area contributed by atoms with Gasteiger partial charge in [0.2, 0.25) is 10.0 Å². The number of alkyl halides is 3. The lowest BCUT2D eigenvalue weighted by molar-refractivity contribution is -0.384. The molecule has 0 aliphatic carbocycles. The molecule has 1 aliphatic rings. The molecule has 1 fully saturated rings. The lowest BCUT2D eigenvalue weighted by Gasteiger charge is -2.31. The highest BCUT2D eigenvalue weighted by molar-refractivity contribution is 7.89. The number of likely N-dealkylation sites (N-methyl/N-ethyl adjacent to an activating group) is 1. The molecule has 0 unspecified atom stereocenters. The van der Waals surface area contributed by atoms with E-state index in [0.29, 0.717) is 31.7 Å². The third-order valence-electron chi connectivity index (χ3n) is 4.91. The summed E-state index contributed by atoms with van der Waals surface area (Å²) in [5.41, 5.74) is 0.211. The molecule has 0 atom stereocenters. The van der Waals surface area contributed by atoms with Crippen molar-refractivity contribution < 1.29 is 31.2 Å². The van der Waals surface area contributed by atoms with Gasteiger partial charge in [-0.25, -0.2) is 8.42 Å². The number of nitro benzene ring substituents is 1. The van der Waals surface area contributed by atoms with Gasteiger partial charge in [0.05, 0.1) is 9.82 Å². The van der Waals surface area contributed by atoms with Gasteiger partial charge in [-0.1, -0.05) is 12.1 Å². The van der Waals surface area contributed by atoms with E-state index >= 15 is 0 Å². The maximum Gasteiger partial charge on any atom is 0.573 e. The molecule has 0 aromatic heterocycles. The van der Waals surface area contributed by atoms with Gasteiger partial charge < -0.3 is 15.0 Å². The van der Waals surface area contributed by atoms with Gasteiger partial charge in [0.1, 0.15) is 11.4 Å². The van der Waals surface area contributed by atoms with Crippen LogP contribution < -0.4 is 10.1 Å². The fourth-order valence-electron chi connectivity index (χ4n) is 3.16. The van der Waals surface area contributed by atoms with E-state index < -0.39 is 27.0 Å². The van der Waals surface area contributed by atoms with Crippen molar-refractivity contribution in [3.05, 3.63) is 58.1 Å². The number of sulfonamides is 1. The summed E-state index contributed by atoms with van der Waals surface area (Å²) in [6.45, 7) is 1.78. The quantitative estimate of drug-likeness (QED) is 0.486. The second kappa shape index (κ2) is 9.30. The zero-order valence-corrected chi connectivity index (χ0v) is 17.8. The average Bonchev–Trinajstić information content (AvgIpc) is 2.72. The van der Waals surface area contributed by atoms with Crippen LogP contribution in [-0.4, -0.2) is 62.1 Å². The zero-order valence-electron chi connectivity index (χ0n) is 17.0. The molecule has 3 rings (SSSR count). The minimum atomic E-state index is -4.80. The number of piperazine rings is 1. The molecule has 1 aliphatic heterocycles. The highest BCUT2D eigenvalue weighted by Crippen LogP contribution is 2.30. The summed E-state index contributed by atoms with van der Waals surface area (Å²) in [5, 5.41) is 14.4. The van der Waals surface area contributed by atoms with Crippen LogP contribution in [0.1, 0.15) is 5.56 Å². The van der Waals surface area contributed by atoms with Gasteiger partial charge in [0, 0.05) is 38.8 Å². The number of hydrogen-bond donors (Lipinski definition) is 1. The monoisotopic (exact) mass is 474 g/mol. The van der Waals surface area contributed by atoms with Crippen molar-refractivity contribution in [3.63, 3.8) is 0 Å². The molecule has 2 aromatic carbocycles. The van der Waals surface area contributed by atoms with E-state index in [1.54, 1.807) is 0 Å². The van der Waals surface area contributed by atoms with Crippen LogP contribution in [0, 0.1) is 10.1 Å². The molecule has 13 heteroatoms. The normalized spacial score (nSPS) is 16.0. The molecule has 9 nitrogen and oxygen atoms in total. The lowest BCUT2D eigenvalue weighted by Crippen LogP contribution is -2.47. The summed E-state index contributed by atoms with van der Waals surface area (Å²) in [4.78, 5) is 12.7. The Morgan fingerprint density at radius 1 is 1.09 bits per heavy atom. The molecule has 0 radical (unpaired) electrons. The van der Waals surface area contributed by atoms with Gasteiger partial charge in [-0.05, 0) is 36.9 Å². The number of nitrogens with zero attached hydrogens (tertiary/aromatic N) is 3. The summed E-state index contributed by atoms with van der Waals surface area (Å²) in [6.07, 6.45) is -4.80. The largest absolute Gasteiger partial charge is 0.573 e. The molecule has 0 amide bonds. The van der Waals surface area contributed by atoms with Crippen LogP contribution in [0.4, 0.5) is 24.5 Å². The van der Waals surface area contributed by atoms with Crippen LogP contribution in [0.2, 0.25) is 0 Å². The van der Waals surface area contributed by atoms with Crippen molar-refractivity contribution in [1.29, 1.82) is 0 Å². The number of anilines is 1. The van der Waals surface area contributed by atoms with E-state index in [2.05, 4.69) is 10.1 Å². The predicted molar refractivity (Wildman–Crippen MR) is 110 cm³/mol. The number of nitrogens with one attached hydrogen (secondary N) is 1. The predicted octanol–water partition coefficient (Wildman–Crippen LogP) is 3.04. The fraction of sp³-hybridized carbons (Fsp3) is 0.368. The van der Waals surface area contributed by atoms with Crippen molar-refractivity contribution in [1.82, 2.24) is 9.21 Å². The number of benzene rings is 2. The minimum absolute atomic E-state index is 0.0672. The van der Waals surface area contributed by atoms with Crippen LogP contribution in [0.3, 0.4) is 0 Å². The Hall–Kier alpha value is -2.90. The molecule has 0 saturated carbocycles. The Labute approximate surface area is 182 Å². The second-order valence-electron chi connectivity index (χ2n) is 7.19. The minimum Gasteiger partial charge on any atom is -0.406 e. The van der Waals surface area contributed by atoms with Gasteiger partial charge in [-0.3, -0.25) is 10.1 Å². The second-order valence-corrected chi connectivity index (χ2v) is 9.13. The van der Waals surface area contributed by atoms with Gasteiger partial charge in [0.25, 0.3) is 5.69 Å². The van der Waals surface area contributed by atoms with E-state index in [-0.39, 0.29) is 22.9 Å². The topological polar surface area (TPSA) is 105 Å². The highest BCUT2D eigenvalue weighted by atomic mass is 32.2. The Morgan fingerprint density at radius 3 is 2.28 bits per heavy atom. The van der Waals surface area contributed by atoms with Crippen molar-refractivity contribution in [2.24, 2.45) is 0 Å². The van der Waals surface area contributed by atoms with Crippen molar-refractivity contribution in [3.8, 4) is 5.75 Å². The SMILES string of the molecule is CN1CCN(S(=O)(=O)c2ccc(NCc3ccc(OC(F)(F)F)cc3)c([N+](=O)[O-])c2)CC1. The summed E-state index contributed by atoms with van der Waals surface area (Å²) in [5.74, 6) is -0.384. The molecule has 1 N–H and O–H groups in total. The number of hydrogen-bond acceptors (Lipinski definition) is 7. The maximum atomic E-state index is 12.9. The van der Waals surface area contributed by atoms with Gasteiger partial charge in [0.15, 0.2) is 0 Å². The summed E-state index contributed by atoms with van der Waals surface area (Å²) >= 11 is 0. The van der Waals surface area contributed by atoms with Crippen LogP contribution in [0.5, 0.6) is 5.75 Å². The first-order valence-corrected chi connectivity index (χ1v) is 11.0. The van der Waals surface area contributed by atoms with E-state index in [1.807, 2.05) is 11.9 Å². The Bertz CT molecular complexity index is 1070. The number of ether oxygens (including phenoxy) is 1. The first-order chi connectivity index (χ1) is 15.0. The van der Waals surface area contributed by atoms with Crippen molar-refractivity contribution in [2.45, 2.75) is 17.8 Å². The standard InChI is InChI=1S/C19H21F3N4O5S/c1-24-8-10-25(11-9-24)32(29,30)16-6-7-17(18(12-16)26(27)28)23-13-14-2-4-15(5-3-14)31-19(20,21)22/h2-7,12,23H,8-11,13H2,1H3. The van der Waals surface area contributed by atoms with Crippen LogP contribution in [0.15, 0.2) is 47.4 Å². The van der Waals surface area contributed by atoms with Gasteiger partial charge in [-0.15, -0.1) is 13.2 Å². The number of nitro groups is 1. The van der Waals surface area contributed by atoms with Gasteiger partial charge in [-0.2, -0.15) is 4.31 Å². The van der Waals surface area contributed by atoms with E-state index in [0.717, 1.165) is 18.2 Å². The molecule has 2 aromatic rings. The van der Waals surface area contributed by atoms with E-state index in [1.165, 1.54) is 28.6 Å². The van der Waals surface area contributed by atoms with E-state index in [4.69, 9.17) is 0 Å². The molecular formula is C19H21F3N4O5S. The molecule has 0 spiro atoms. The summed E-state index contributed by atoms with van der Waals surface area (Å²) < 4.78 is 67.5. The smallest absolute Gasteiger partial charge is 0.406 e. The summed E-state index contributed by atoms with van der Waals surface area (Å²) in [7, 11) is -2.00.